The molecule has 2 rings (SSSR count). The fourth-order valence-electron chi connectivity index (χ4n) is 1.69. The van der Waals surface area contributed by atoms with Crippen LogP contribution in [0.2, 0.25) is 5.02 Å². The van der Waals surface area contributed by atoms with Crippen LogP contribution in [0.4, 0.5) is 9.93 Å². The van der Waals surface area contributed by atoms with Crippen molar-refractivity contribution in [3.05, 3.63) is 52.0 Å². The third-order valence-corrected chi connectivity index (χ3v) is 3.95. The highest BCUT2D eigenvalue weighted by Gasteiger charge is 2.17. The molecule has 0 saturated carbocycles. The first-order valence-electron chi connectivity index (χ1n) is 7.17. The minimum atomic E-state index is -0.609. The molecular weight excluding hydrogens is 348 g/mol. The number of halogens is 1. The number of thiazole rings is 1. The minimum Gasteiger partial charge on any atom is -0.444 e. The summed E-state index contributed by atoms with van der Waals surface area (Å²) in [6, 6.07) is 7.22. The molecule has 126 valence electrons. The van der Waals surface area contributed by atoms with Crippen LogP contribution < -0.4 is 5.32 Å². The molecule has 0 fully saturated rings. The van der Waals surface area contributed by atoms with Crippen molar-refractivity contribution in [1.82, 2.24) is 4.98 Å². The van der Waals surface area contributed by atoms with Gasteiger partial charge in [0, 0.05) is 5.02 Å². The van der Waals surface area contributed by atoms with Crippen LogP contribution in [0.3, 0.4) is 0 Å². The number of nitrogens with zero attached hydrogens (tertiary/aromatic N) is 1. The van der Waals surface area contributed by atoms with Gasteiger partial charge in [0.05, 0.1) is 11.1 Å². The van der Waals surface area contributed by atoms with Gasteiger partial charge in [0.1, 0.15) is 5.60 Å². The van der Waals surface area contributed by atoms with Gasteiger partial charge in [-0.2, -0.15) is 0 Å². The predicted octanol–water partition coefficient (Wildman–Crippen LogP) is 5.04. The van der Waals surface area contributed by atoms with Gasteiger partial charge >= 0.3 is 6.09 Å². The topological polar surface area (TPSA) is 68.3 Å². The van der Waals surface area contributed by atoms with E-state index in [2.05, 4.69) is 10.3 Å². The molecule has 0 radical (unpaired) electrons. The lowest BCUT2D eigenvalue weighted by molar-refractivity contribution is 0.0635. The van der Waals surface area contributed by atoms with Crippen molar-refractivity contribution < 1.29 is 14.3 Å². The molecule has 0 atom stereocenters. The summed E-state index contributed by atoms with van der Waals surface area (Å²) in [5.41, 5.74) is 0.154. The molecule has 0 saturated heterocycles. The van der Waals surface area contributed by atoms with Gasteiger partial charge < -0.3 is 4.74 Å². The van der Waals surface area contributed by atoms with E-state index >= 15 is 0 Å². The molecule has 24 heavy (non-hydrogen) atoms. The summed E-state index contributed by atoms with van der Waals surface area (Å²) in [7, 11) is 0. The number of ether oxygens (including phenoxy) is 1. The molecule has 0 aliphatic heterocycles. The van der Waals surface area contributed by atoms with E-state index < -0.39 is 11.7 Å². The molecule has 1 heterocycles. The molecule has 1 aromatic carbocycles. The average molecular weight is 365 g/mol. The summed E-state index contributed by atoms with van der Waals surface area (Å²) in [4.78, 5) is 28.2. The highest BCUT2D eigenvalue weighted by atomic mass is 35.5. The van der Waals surface area contributed by atoms with Crippen LogP contribution in [0.25, 0.3) is 6.08 Å². The number of allylic oxidation sites excluding steroid dienone is 1. The van der Waals surface area contributed by atoms with Crippen molar-refractivity contribution in [2.75, 3.05) is 5.32 Å². The Kier molecular flexibility index (Phi) is 5.75. The standard InChI is InChI=1S/C17H17ClN2O3S/c1-17(2,3)23-16(22)20-15-19-10-14(24-15)13(21)9-8-11-6-4-5-7-12(11)18/h4-10H,1-3H3,(H,19,20,22). The fraction of sp³-hybridized carbons (Fsp3) is 0.235. The molecule has 0 bridgehead atoms. The molecule has 0 unspecified atom stereocenters. The van der Waals surface area contributed by atoms with Crippen LogP contribution in [0.15, 0.2) is 36.5 Å². The van der Waals surface area contributed by atoms with E-state index in [0.29, 0.717) is 15.0 Å². The van der Waals surface area contributed by atoms with Crippen LogP contribution in [0, 0.1) is 0 Å². The summed E-state index contributed by atoms with van der Waals surface area (Å²) in [5, 5.41) is 3.38. The lowest BCUT2D eigenvalue weighted by Crippen LogP contribution is -2.27. The van der Waals surface area contributed by atoms with Crippen LogP contribution >= 0.6 is 22.9 Å². The molecule has 5 nitrogen and oxygen atoms in total. The Morgan fingerprint density at radius 2 is 2.00 bits per heavy atom. The number of hydrogen-bond donors (Lipinski definition) is 1. The molecule has 0 aliphatic carbocycles. The van der Waals surface area contributed by atoms with E-state index in [1.54, 1.807) is 32.9 Å². The van der Waals surface area contributed by atoms with Gasteiger partial charge in [-0.25, -0.2) is 9.78 Å². The summed E-state index contributed by atoms with van der Waals surface area (Å²) in [6.45, 7) is 5.30. The number of amides is 1. The van der Waals surface area contributed by atoms with Crippen molar-refractivity contribution in [2.45, 2.75) is 26.4 Å². The first-order valence-corrected chi connectivity index (χ1v) is 8.37. The average Bonchev–Trinajstić information content (AvgIpc) is 2.92. The maximum absolute atomic E-state index is 12.2. The predicted molar refractivity (Wildman–Crippen MR) is 96.8 cm³/mol. The third kappa shape index (κ3) is 5.47. The normalized spacial score (nSPS) is 11.5. The zero-order valence-corrected chi connectivity index (χ0v) is 15.1. The van der Waals surface area contributed by atoms with E-state index in [9.17, 15) is 9.59 Å². The zero-order chi connectivity index (χ0) is 17.7. The number of carbonyl (C=O) groups excluding carboxylic acids is 2. The SMILES string of the molecule is CC(C)(C)OC(=O)Nc1ncc(C(=O)C=Cc2ccccc2Cl)s1. The van der Waals surface area contributed by atoms with Crippen molar-refractivity contribution in [1.29, 1.82) is 0 Å². The largest absolute Gasteiger partial charge is 0.444 e. The van der Waals surface area contributed by atoms with Crippen molar-refractivity contribution in [3.63, 3.8) is 0 Å². The highest BCUT2D eigenvalue weighted by molar-refractivity contribution is 7.17. The van der Waals surface area contributed by atoms with Gasteiger partial charge in [-0.05, 0) is 44.6 Å². The van der Waals surface area contributed by atoms with Gasteiger partial charge in [-0.3, -0.25) is 10.1 Å². The summed E-state index contributed by atoms with van der Waals surface area (Å²) in [6.07, 6.45) is 3.87. The van der Waals surface area contributed by atoms with E-state index in [4.69, 9.17) is 16.3 Å². The fourth-order valence-corrected chi connectivity index (χ4v) is 2.62. The number of carbonyl (C=O) groups is 2. The number of rotatable bonds is 4. The lowest BCUT2D eigenvalue weighted by atomic mass is 10.2. The Balaban J connectivity index is 2.01. The Labute approximate surface area is 149 Å². The maximum atomic E-state index is 12.2. The molecule has 1 N–H and O–H groups in total. The number of benzene rings is 1. The number of nitrogens with one attached hydrogen (secondary N) is 1. The van der Waals surface area contributed by atoms with E-state index in [-0.39, 0.29) is 5.78 Å². The maximum Gasteiger partial charge on any atom is 0.413 e. The first kappa shape index (κ1) is 18.2. The second-order valence-corrected chi connectivity index (χ2v) is 7.31. The van der Waals surface area contributed by atoms with Gasteiger partial charge in [0.25, 0.3) is 0 Å². The number of ketones is 1. The Bertz CT molecular complexity index is 778. The Morgan fingerprint density at radius 1 is 1.29 bits per heavy atom. The third-order valence-electron chi connectivity index (χ3n) is 2.68. The van der Waals surface area contributed by atoms with Gasteiger partial charge in [-0.1, -0.05) is 41.1 Å². The van der Waals surface area contributed by atoms with Crippen molar-refractivity contribution in [3.8, 4) is 0 Å². The lowest BCUT2D eigenvalue weighted by Gasteiger charge is -2.18. The Hall–Kier alpha value is -2.18. The molecule has 2 aromatic rings. The highest BCUT2D eigenvalue weighted by Crippen LogP contribution is 2.21. The molecule has 1 amide bonds. The van der Waals surface area contributed by atoms with Gasteiger partial charge in [0.2, 0.25) is 0 Å². The van der Waals surface area contributed by atoms with Crippen molar-refractivity contribution in [2.24, 2.45) is 0 Å². The Morgan fingerprint density at radius 3 is 2.67 bits per heavy atom. The number of aromatic nitrogens is 1. The molecule has 7 heteroatoms. The monoisotopic (exact) mass is 364 g/mol. The number of hydrogen-bond acceptors (Lipinski definition) is 5. The molecular formula is C17H17ClN2O3S. The van der Waals surface area contributed by atoms with Crippen LogP contribution in [0.1, 0.15) is 36.0 Å². The first-order chi connectivity index (χ1) is 11.2. The van der Waals surface area contributed by atoms with Crippen LogP contribution in [-0.2, 0) is 4.74 Å². The molecule has 0 aliphatic rings. The van der Waals surface area contributed by atoms with E-state index in [1.807, 2.05) is 18.2 Å². The number of anilines is 1. The molecule has 1 aromatic heterocycles. The van der Waals surface area contributed by atoms with Crippen LogP contribution in [0.5, 0.6) is 0 Å². The van der Waals surface area contributed by atoms with Gasteiger partial charge in [-0.15, -0.1) is 0 Å². The summed E-state index contributed by atoms with van der Waals surface area (Å²) in [5.74, 6) is -0.218. The quantitative estimate of drug-likeness (QED) is 0.609. The second-order valence-electron chi connectivity index (χ2n) is 5.88. The van der Waals surface area contributed by atoms with Crippen LogP contribution in [-0.4, -0.2) is 22.5 Å². The minimum absolute atomic E-state index is 0.218. The molecule has 0 spiro atoms. The second kappa shape index (κ2) is 7.59. The van der Waals surface area contributed by atoms with Crippen molar-refractivity contribution >= 4 is 46.0 Å². The summed E-state index contributed by atoms with van der Waals surface area (Å²) >= 11 is 7.11. The summed E-state index contributed by atoms with van der Waals surface area (Å²) < 4.78 is 5.13. The smallest absolute Gasteiger partial charge is 0.413 e. The van der Waals surface area contributed by atoms with E-state index in [1.165, 1.54) is 12.3 Å². The zero-order valence-electron chi connectivity index (χ0n) is 13.5. The van der Waals surface area contributed by atoms with E-state index in [0.717, 1.165) is 16.9 Å². The van der Waals surface area contributed by atoms with Gasteiger partial charge in [0.15, 0.2) is 10.9 Å².